The van der Waals surface area contributed by atoms with Gasteiger partial charge in [0.1, 0.15) is 5.84 Å². The first-order chi connectivity index (χ1) is 10.6. The van der Waals surface area contributed by atoms with Gasteiger partial charge in [-0.05, 0) is 31.5 Å². The van der Waals surface area contributed by atoms with Crippen LogP contribution in [-0.2, 0) is 5.72 Å². The van der Waals surface area contributed by atoms with Gasteiger partial charge in [-0.15, -0.1) is 12.4 Å². The lowest BCUT2D eigenvalue weighted by molar-refractivity contribution is -0.0318. The van der Waals surface area contributed by atoms with Crippen LogP contribution in [0.1, 0.15) is 28.7 Å². The Morgan fingerprint density at radius 2 is 1.91 bits per heavy atom. The van der Waals surface area contributed by atoms with Crippen molar-refractivity contribution in [2.75, 3.05) is 13.1 Å². The summed E-state index contributed by atoms with van der Waals surface area (Å²) in [5.41, 5.74) is 2.89. The molecule has 2 aliphatic heterocycles. The van der Waals surface area contributed by atoms with E-state index < -0.39 is 5.72 Å². The van der Waals surface area contributed by atoms with Crippen molar-refractivity contribution in [3.8, 4) is 0 Å². The van der Waals surface area contributed by atoms with Crippen molar-refractivity contribution >= 4 is 34.2 Å². The third-order valence-corrected chi connectivity index (χ3v) is 4.99. The van der Waals surface area contributed by atoms with Crippen molar-refractivity contribution in [2.24, 2.45) is 4.99 Å². The summed E-state index contributed by atoms with van der Waals surface area (Å²) in [6.45, 7) is 3.70. The predicted molar refractivity (Wildman–Crippen MR) is 98.3 cm³/mol. The van der Waals surface area contributed by atoms with Gasteiger partial charge < -0.3 is 10.0 Å². The number of hydrogen-bond acceptors (Lipinski definition) is 3. The highest BCUT2D eigenvalue weighted by Gasteiger charge is 2.48. The number of aliphatic hydroxyl groups is 1. The van der Waals surface area contributed by atoms with Gasteiger partial charge in [-0.1, -0.05) is 45.8 Å². The number of rotatable bonds is 1. The largest absolute Gasteiger partial charge is 0.363 e. The topological polar surface area (TPSA) is 35.8 Å². The van der Waals surface area contributed by atoms with Gasteiger partial charge in [0.2, 0.25) is 0 Å². The lowest BCUT2D eigenvalue weighted by atomic mass is 9.93. The Bertz CT molecular complexity index is 775. The van der Waals surface area contributed by atoms with Crippen LogP contribution in [-0.4, -0.2) is 28.9 Å². The van der Waals surface area contributed by atoms with Crippen molar-refractivity contribution < 1.29 is 5.11 Å². The summed E-state index contributed by atoms with van der Waals surface area (Å²) < 4.78 is 0.970. The minimum atomic E-state index is -1.13. The Labute approximate surface area is 150 Å². The summed E-state index contributed by atoms with van der Waals surface area (Å²) in [5.74, 6) is 0.914. The number of amidine groups is 1. The van der Waals surface area contributed by atoms with Crippen LogP contribution < -0.4 is 0 Å². The lowest BCUT2D eigenvalue weighted by Crippen LogP contribution is -2.47. The van der Waals surface area contributed by atoms with Gasteiger partial charge in [0, 0.05) is 34.3 Å². The molecule has 0 saturated heterocycles. The van der Waals surface area contributed by atoms with Crippen LogP contribution in [0.5, 0.6) is 0 Å². The molecule has 1 unspecified atom stereocenters. The molecule has 0 aromatic heterocycles. The summed E-state index contributed by atoms with van der Waals surface area (Å²) >= 11 is 3.53. The molecule has 0 saturated carbocycles. The highest BCUT2D eigenvalue weighted by molar-refractivity contribution is 9.10. The molecule has 2 aromatic rings. The highest BCUT2D eigenvalue weighted by atomic mass is 79.9. The Hall–Kier alpha value is -1.36. The number of hydrogen-bond donors (Lipinski definition) is 1. The van der Waals surface area contributed by atoms with Crippen LogP contribution in [0.25, 0.3) is 0 Å². The quantitative estimate of drug-likeness (QED) is 0.799. The van der Waals surface area contributed by atoms with E-state index in [9.17, 15) is 5.11 Å². The maximum absolute atomic E-state index is 11.6. The van der Waals surface area contributed by atoms with Crippen LogP contribution in [0, 0.1) is 6.92 Å². The summed E-state index contributed by atoms with van der Waals surface area (Å²) in [5, 5.41) is 11.6. The summed E-state index contributed by atoms with van der Waals surface area (Å²) in [4.78, 5) is 6.71. The third kappa shape index (κ3) is 2.40. The van der Waals surface area contributed by atoms with Gasteiger partial charge in [0.25, 0.3) is 0 Å². The molecular weight excluding hydrogens is 376 g/mol. The zero-order valence-electron chi connectivity index (χ0n) is 12.8. The highest BCUT2D eigenvalue weighted by Crippen LogP contribution is 2.44. The first-order valence-corrected chi connectivity index (χ1v) is 8.32. The first-order valence-electron chi connectivity index (χ1n) is 7.53. The van der Waals surface area contributed by atoms with Gasteiger partial charge >= 0.3 is 0 Å². The molecule has 23 heavy (non-hydrogen) atoms. The average Bonchev–Trinajstić information content (AvgIpc) is 2.79. The van der Waals surface area contributed by atoms with E-state index in [-0.39, 0.29) is 12.4 Å². The number of halogens is 2. The zero-order chi connectivity index (χ0) is 15.3. The van der Waals surface area contributed by atoms with Crippen molar-refractivity contribution in [1.29, 1.82) is 0 Å². The van der Waals surface area contributed by atoms with Crippen LogP contribution in [0.15, 0.2) is 51.9 Å². The molecule has 5 heteroatoms. The SMILES string of the molecule is Cc1ccc(C2(O)c3cc(Br)ccc3C3=NCCCN32)cc1.Cl. The molecule has 0 aliphatic carbocycles. The number of fused-ring (bicyclic) bond motifs is 3. The van der Waals surface area contributed by atoms with E-state index >= 15 is 0 Å². The molecule has 120 valence electrons. The fraction of sp³-hybridized carbons (Fsp3) is 0.278. The number of aryl methyl sites for hydroxylation is 1. The lowest BCUT2D eigenvalue weighted by Gasteiger charge is -2.37. The molecule has 3 nitrogen and oxygen atoms in total. The van der Waals surface area contributed by atoms with Crippen molar-refractivity contribution in [1.82, 2.24) is 4.90 Å². The van der Waals surface area contributed by atoms with E-state index in [4.69, 9.17) is 0 Å². The van der Waals surface area contributed by atoms with E-state index in [2.05, 4.69) is 27.8 Å². The second-order valence-corrected chi connectivity index (χ2v) is 6.85. The Balaban J connectivity index is 0.00000156. The van der Waals surface area contributed by atoms with Gasteiger partial charge in [0.05, 0.1) is 0 Å². The Morgan fingerprint density at radius 3 is 2.65 bits per heavy atom. The van der Waals surface area contributed by atoms with Gasteiger partial charge in [-0.2, -0.15) is 0 Å². The van der Waals surface area contributed by atoms with Gasteiger partial charge in [-0.25, -0.2) is 0 Å². The smallest absolute Gasteiger partial charge is 0.193 e. The second-order valence-electron chi connectivity index (χ2n) is 5.94. The minimum Gasteiger partial charge on any atom is -0.363 e. The average molecular weight is 394 g/mol. The molecule has 2 aromatic carbocycles. The predicted octanol–water partition coefficient (Wildman–Crippen LogP) is 3.84. The van der Waals surface area contributed by atoms with Crippen LogP contribution in [0.3, 0.4) is 0 Å². The maximum Gasteiger partial charge on any atom is 0.193 e. The second kappa shape index (κ2) is 5.93. The maximum atomic E-state index is 11.6. The van der Waals surface area contributed by atoms with E-state index in [0.717, 1.165) is 46.5 Å². The van der Waals surface area contributed by atoms with E-state index in [0.29, 0.717) is 0 Å². The summed E-state index contributed by atoms with van der Waals surface area (Å²) in [6.07, 6.45) is 0.965. The molecule has 0 amide bonds. The molecule has 0 radical (unpaired) electrons. The zero-order valence-corrected chi connectivity index (χ0v) is 15.2. The van der Waals surface area contributed by atoms with Crippen LogP contribution in [0.2, 0.25) is 0 Å². The molecule has 4 rings (SSSR count). The fourth-order valence-electron chi connectivity index (χ4n) is 3.39. The molecule has 0 spiro atoms. The fourth-order valence-corrected chi connectivity index (χ4v) is 3.75. The Kier molecular flexibility index (Phi) is 4.25. The molecule has 2 aliphatic rings. The Morgan fingerprint density at radius 1 is 1.17 bits per heavy atom. The number of nitrogens with zero attached hydrogens (tertiary/aromatic N) is 2. The number of benzene rings is 2. The van der Waals surface area contributed by atoms with E-state index in [1.165, 1.54) is 5.56 Å². The van der Waals surface area contributed by atoms with Crippen molar-refractivity contribution in [2.45, 2.75) is 19.1 Å². The van der Waals surface area contributed by atoms with E-state index in [1.807, 2.05) is 47.4 Å². The standard InChI is InChI=1S/C18H17BrN2O.ClH/c1-12-3-5-13(6-4-12)18(22)16-11-14(19)7-8-15(16)17-20-9-2-10-21(17)18;/h3-8,11,22H,2,9-10H2,1H3;1H. The summed E-state index contributed by atoms with van der Waals surface area (Å²) in [6, 6.07) is 14.2. The molecule has 2 heterocycles. The molecule has 0 bridgehead atoms. The van der Waals surface area contributed by atoms with Gasteiger partial charge in [-0.3, -0.25) is 4.99 Å². The van der Waals surface area contributed by atoms with Crippen LogP contribution in [0.4, 0.5) is 0 Å². The molecule has 0 fully saturated rings. The molecule has 1 N–H and O–H groups in total. The third-order valence-electron chi connectivity index (χ3n) is 4.50. The van der Waals surface area contributed by atoms with Crippen molar-refractivity contribution in [3.63, 3.8) is 0 Å². The number of aliphatic imine (C=N–C) groups is 1. The van der Waals surface area contributed by atoms with E-state index in [1.54, 1.807) is 0 Å². The molecular formula is C18H18BrClN2O. The van der Waals surface area contributed by atoms with Crippen molar-refractivity contribution in [3.05, 3.63) is 69.2 Å². The first kappa shape index (κ1) is 16.5. The molecule has 1 atom stereocenters. The van der Waals surface area contributed by atoms with Crippen LogP contribution >= 0.6 is 28.3 Å². The van der Waals surface area contributed by atoms with Gasteiger partial charge in [0.15, 0.2) is 5.72 Å². The normalized spacial score (nSPS) is 22.0. The monoisotopic (exact) mass is 392 g/mol. The summed E-state index contributed by atoms with van der Waals surface area (Å²) in [7, 11) is 0. The minimum absolute atomic E-state index is 0.